The number of piperidine rings is 1. The summed E-state index contributed by atoms with van der Waals surface area (Å²) < 4.78 is 39.4. The first-order valence-corrected chi connectivity index (χ1v) is 12.1. The molecule has 5 rings (SSSR count). The molecule has 2 N–H and O–H groups in total. The van der Waals surface area contributed by atoms with Gasteiger partial charge in [0.25, 0.3) is 0 Å². The lowest BCUT2D eigenvalue weighted by Crippen LogP contribution is -2.33. The molecule has 174 valence electrons. The van der Waals surface area contributed by atoms with Crippen LogP contribution in [0.1, 0.15) is 40.7 Å². The van der Waals surface area contributed by atoms with Crippen molar-refractivity contribution in [3.05, 3.63) is 77.8 Å². The van der Waals surface area contributed by atoms with Gasteiger partial charge >= 0.3 is 0 Å². The van der Waals surface area contributed by atoms with E-state index in [0.717, 1.165) is 31.0 Å². The van der Waals surface area contributed by atoms with Crippen LogP contribution in [0.4, 0.5) is 0 Å². The largest absolute Gasteiger partial charge is 0.508 e. The monoisotopic (exact) mass is 477 g/mol. The number of benzene rings is 3. The van der Waals surface area contributed by atoms with Gasteiger partial charge in [0, 0.05) is 32.6 Å². The number of hydrogen-bond donors (Lipinski definition) is 2. The van der Waals surface area contributed by atoms with Crippen molar-refractivity contribution in [2.45, 2.75) is 19.3 Å². The van der Waals surface area contributed by atoms with Gasteiger partial charge in [-0.05, 0) is 98.1 Å². The van der Waals surface area contributed by atoms with Crippen molar-refractivity contribution >= 4 is 27.2 Å². The highest BCUT2D eigenvalue weighted by Gasteiger charge is 2.22. The normalized spacial score (nSPS) is 16.0. The number of hydrogen-bond acceptors (Lipinski definition) is 6. The minimum absolute atomic E-state index is 0.000569. The fourth-order valence-corrected chi connectivity index (χ4v) is 5.42. The first kappa shape index (κ1) is 18.0. The van der Waals surface area contributed by atoms with Gasteiger partial charge in [-0.15, -0.1) is 11.3 Å². The molecule has 3 aromatic carbocycles. The third-order valence-corrected chi connectivity index (χ3v) is 7.15. The Hall–Kier alpha value is -3.35. The van der Waals surface area contributed by atoms with E-state index in [9.17, 15) is 15.0 Å². The van der Waals surface area contributed by atoms with Crippen molar-refractivity contribution < 1.29 is 25.2 Å². The summed E-state index contributed by atoms with van der Waals surface area (Å²) in [7, 11) is 0. The molecule has 0 bridgehead atoms. The van der Waals surface area contributed by atoms with E-state index in [1.165, 1.54) is 31.4 Å². The van der Waals surface area contributed by atoms with E-state index in [1.807, 2.05) is 0 Å². The van der Waals surface area contributed by atoms with Crippen LogP contribution in [0.5, 0.6) is 17.2 Å². The van der Waals surface area contributed by atoms with Crippen LogP contribution >= 0.6 is 11.3 Å². The summed E-state index contributed by atoms with van der Waals surface area (Å²) in [6.07, 6.45) is 3.72. The van der Waals surface area contributed by atoms with Gasteiger partial charge in [-0.1, -0.05) is 6.42 Å². The Kier molecular flexibility index (Phi) is 5.24. The fraction of sp³-hybridized carbons (Fsp3) is 0.250. The summed E-state index contributed by atoms with van der Waals surface area (Å²) in [5.41, 5.74) is 0.520. The number of nitrogens with zero attached hydrogens (tertiary/aromatic N) is 1. The average Bonchev–Trinajstić information content (AvgIpc) is 3.29. The summed E-state index contributed by atoms with van der Waals surface area (Å²) in [5.74, 6) is -0.453. The first-order valence-electron chi connectivity index (χ1n) is 13.3. The zero-order chi connectivity index (χ0) is 27.0. The molecule has 6 heteroatoms. The zero-order valence-corrected chi connectivity index (χ0v) is 19.4. The highest BCUT2D eigenvalue weighted by atomic mass is 32.1. The summed E-state index contributed by atoms with van der Waals surface area (Å²) in [6, 6.07) is 9.33. The van der Waals surface area contributed by atoms with E-state index < -0.39 is 29.9 Å². The van der Waals surface area contributed by atoms with Crippen LogP contribution in [0.3, 0.4) is 0 Å². The molecular weight excluding hydrogens is 446 g/mol. The maximum absolute atomic E-state index is 13.8. The lowest BCUT2D eigenvalue weighted by molar-refractivity contribution is 0.104. The van der Waals surface area contributed by atoms with Crippen LogP contribution < -0.4 is 4.74 Å². The fourth-order valence-electron chi connectivity index (χ4n) is 4.23. The molecule has 0 saturated carbocycles. The highest BCUT2D eigenvalue weighted by Crippen LogP contribution is 2.41. The first-order chi connectivity index (χ1) is 18.3. The topological polar surface area (TPSA) is 70.0 Å². The Morgan fingerprint density at radius 3 is 2.44 bits per heavy atom. The van der Waals surface area contributed by atoms with Crippen LogP contribution in [-0.2, 0) is 0 Å². The van der Waals surface area contributed by atoms with Gasteiger partial charge in [0.1, 0.15) is 23.9 Å². The number of rotatable bonds is 7. The molecule has 34 heavy (non-hydrogen) atoms. The van der Waals surface area contributed by atoms with Crippen molar-refractivity contribution in [2.24, 2.45) is 0 Å². The van der Waals surface area contributed by atoms with E-state index in [0.29, 0.717) is 28.0 Å². The van der Waals surface area contributed by atoms with Crippen molar-refractivity contribution in [1.82, 2.24) is 4.90 Å². The van der Waals surface area contributed by atoms with Crippen LogP contribution in [0.2, 0.25) is 0 Å². The quantitative estimate of drug-likeness (QED) is 0.316. The molecule has 0 amide bonds. The number of thiophene rings is 1. The second-order valence-corrected chi connectivity index (χ2v) is 9.37. The lowest BCUT2D eigenvalue weighted by Gasteiger charge is -2.26. The number of aromatic hydroxyl groups is 2. The van der Waals surface area contributed by atoms with E-state index in [2.05, 4.69) is 4.90 Å². The molecule has 0 aliphatic carbocycles. The number of fused-ring (bicyclic) bond motifs is 1. The van der Waals surface area contributed by atoms with Gasteiger partial charge in [-0.3, -0.25) is 9.69 Å². The lowest BCUT2D eigenvalue weighted by atomic mass is 9.97. The van der Waals surface area contributed by atoms with Gasteiger partial charge < -0.3 is 14.9 Å². The van der Waals surface area contributed by atoms with Gasteiger partial charge in [0.05, 0.1) is 5.48 Å². The highest BCUT2D eigenvalue weighted by molar-refractivity contribution is 7.22. The number of carbonyl (C=O) groups is 1. The maximum atomic E-state index is 13.8. The molecule has 5 nitrogen and oxygen atoms in total. The van der Waals surface area contributed by atoms with Crippen LogP contribution in [0.15, 0.2) is 66.6 Å². The predicted molar refractivity (Wildman–Crippen MR) is 136 cm³/mol. The van der Waals surface area contributed by atoms with E-state index in [-0.39, 0.29) is 27.5 Å². The van der Waals surface area contributed by atoms with Crippen molar-refractivity contribution in [1.29, 1.82) is 0 Å². The minimum Gasteiger partial charge on any atom is -0.508 e. The second-order valence-electron chi connectivity index (χ2n) is 8.31. The SMILES string of the molecule is [2H]c1c([2H])c(-c2sc3cc(O)ccc3c2C(=O)c2ccc(OCCN3CCCCC3)cc2)c([2H])c([2H])c1O. The van der Waals surface area contributed by atoms with Crippen molar-refractivity contribution in [2.75, 3.05) is 26.2 Å². The molecule has 0 atom stereocenters. The molecule has 4 aromatic rings. The zero-order valence-electron chi connectivity index (χ0n) is 22.6. The summed E-state index contributed by atoms with van der Waals surface area (Å²) in [6.45, 7) is 3.60. The second kappa shape index (κ2) is 9.87. The Morgan fingerprint density at radius 1 is 0.971 bits per heavy atom. The summed E-state index contributed by atoms with van der Waals surface area (Å²) in [4.78, 5) is 16.5. The van der Waals surface area contributed by atoms with Crippen LogP contribution in [0.25, 0.3) is 20.5 Å². The van der Waals surface area contributed by atoms with Gasteiger partial charge in [0.15, 0.2) is 5.78 Å². The standard InChI is InChI=1S/C28H27NO4S/c30-21-8-4-20(5-9-21)28-26(24-13-10-22(31)18-25(24)34-28)27(32)19-6-11-23(12-7-19)33-17-16-29-14-2-1-3-15-29/h4-13,18,30-31H,1-3,14-17H2/i4D,5D,8D,9D. The molecule has 1 aromatic heterocycles. The Labute approximate surface area is 208 Å². The Balaban J connectivity index is 1.49. The molecule has 0 unspecified atom stereocenters. The minimum atomic E-state index is -0.744. The van der Waals surface area contributed by atoms with E-state index in [1.54, 1.807) is 30.3 Å². The Morgan fingerprint density at radius 2 is 1.71 bits per heavy atom. The van der Waals surface area contributed by atoms with Gasteiger partial charge in [-0.25, -0.2) is 0 Å². The van der Waals surface area contributed by atoms with E-state index in [4.69, 9.17) is 10.2 Å². The number of phenols is 2. The summed E-state index contributed by atoms with van der Waals surface area (Å²) >= 11 is 1.10. The number of carbonyl (C=O) groups excluding carboxylic acids is 1. The van der Waals surface area contributed by atoms with Crippen molar-refractivity contribution in [3.8, 4) is 27.7 Å². The third-order valence-electron chi connectivity index (χ3n) is 5.98. The Bertz CT molecular complexity index is 1490. The third kappa shape index (κ3) is 4.79. The molecular formula is C28H27NO4S. The van der Waals surface area contributed by atoms with Crippen LogP contribution in [0, 0.1) is 0 Å². The van der Waals surface area contributed by atoms with Gasteiger partial charge in [0.2, 0.25) is 0 Å². The molecule has 2 heterocycles. The maximum Gasteiger partial charge on any atom is 0.195 e. The molecule has 1 aliphatic rings. The van der Waals surface area contributed by atoms with Crippen LogP contribution in [-0.4, -0.2) is 47.1 Å². The smallest absolute Gasteiger partial charge is 0.195 e. The number of likely N-dealkylation sites (tertiary alicyclic amines) is 1. The molecule has 0 spiro atoms. The molecule has 1 fully saturated rings. The predicted octanol–water partition coefficient (Wildman–Crippen LogP) is 6.08. The molecule has 0 radical (unpaired) electrons. The van der Waals surface area contributed by atoms with Gasteiger partial charge in [-0.2, -0.15) is 0 Å². The number of phenolic OH excluding ortho intramolecular Hbond substituents is 2. The average molecular weight is 478 g/mol. The summed E-state index contributed by atoms with van der Waals surface area (Å²) in [5, 5.41) is 20.5. The van der Waals surface area contributed by atoms with Crippen molar-refractivity contribution in [3.63, 3.8) is 0 Å². The number of ether oxygens (including phenoxy) is 1. The molecule has 1 aliphatic heterocycles. The van der Waals surface area contributed by atoms with E-state index >= 15 is 0 Å². The molecule has 1 saturated heterocycles. The number of ketones is 1.